The summed E-state index contributed by atoms with van der Waals surface area (Å²) in [5.41, 5.74) is 11.1. The zero-order chi connectivity index (χ0) is 12.3. The summed E-state index contributed by atoms with van der Waals surface area (Å²) in [6, 6.07) is -0.461. The number of nitrogens with two attached hydrogens (primary N) is 2. The van der Waals surface area contributed by atoms with E-state index in [4.69, 9.17) is 11.5 Å². The molecular weight excluding hydrogens is 206 g/mol. The summed E-state index contributed by atoms with van der Waals surface area (Å²) in [7, 11) is 0. The van der Waals surface area contributed by atoms with Gasteiger partial charge < -0.3 is 16.4 Å². The van der Waals surface area contributed by atoms with Crippen molar-refractivity contribution in [2.24, 2.45) is 23.3 Å². The van der Waals surface area contributed by atoms with E-state index in [0.717, 1.165) is 6.42 Å². The van der Waals surface area contributed by atoms with Crippen molar-refractivity contribution in [1.29, 1.82) is 0 Å². The van der Waals surface area contributed by atoms with Crippen LogP contribution in [0.3, 0.4) is 0 Å². The van der Waals surface area contributed by atoms with Crippen LogP contribution in [0.1, 0.15) is 26.7 Å². The Kier molecular flexibility index (Phi) is 4.29. The number of hydrogen-bond donors (Lipinski definition) is 2. The Hall–Kier alpha value is -1.10. The van der Waals surface area contributed by atoms with Crippen LogP contribution in [-0.2, 0) is 9.59 Å². The minimum Gasteiger partial charge on any atom is -0.369 e. The number of primary amides is 1. The van der Waals surface area contributed by atoms with Crippen LogP contribution in [0.2, 0.25) is 0 Å². The quantitative estimate of drug-likeness (QED) is 0.690. The first kappa shape index (κ1) is 13.0. The van der Waals surface area contributed by atoms with Gasteiger partial charge in [-0.05, 0) is 12.3 Å². The van der Waals surface area contributed by atoms with Gasteiger partial charge in [-0.15, -0.1) is 0 Å². The van der Waals surface area contributed by atoms with Crippen LogP contribution in [0.15, 0.2) is 0 Å². The van der Waals surface area contributed by atoms with E-state index in [1.54, 1.807) is 4.90 Å². The van der Waals surface area contributed by atoms with E-state index in [2.05, 4.69) is 0 Å². The molecule has 92 valence electrons. The highest BCUT2D eigenvalue weighted by Gasteiger charge is 2.33. The molecule has 0 aliphatic carbocycles. The SMILES string of the molecule is CC[C@H](C)[C@H](N)C(=O)N1CCC(C(N)=O)C1. The summed E-state index contributed by atoms with van der Waals surface area (Å²) in [5.74, 6) is -0.418. The van der Waals surface area contributed by atoms with Crippen molar-refractivity contribution in [3.05, 3.63) is 0 Å². The molecule has 1 unspecified atom stereocenters. The van der Waals surface area contributed by atoms with E-state index in [1.807, 2.05) is 13.8 Å². The summed E-state index contributed by atoms with van der Waals surface area (Å²) in [6.07, 6.45) is 1.54. The zero-order valence-corrected chi connectivity index (χ0v) is 9.98. The number of nitrogens with zero attached hydrogens (tertiary/aromatic N) is 1. The summed E-state index contributed by atoms with van der Waals surface area (Å²) in [4.78, 5) is 24.6. The van der Waals surface area contributed by atoms with E-state index in [-0.39, 0.29) is 23.7 Å². The largest absolute Gasteiger partial charge is 0.369 e. The number of carbonyl (C=O) groups is 2. The number of rotatable bonds is 4. The van der Waals surface area contributed by atoms with Gasteiger partial charge in [-0.2, -0.15) is 0 Å². The first-order valence-corrected chi connectivity index (χ1v) is 5.81. The monoisotopic (exact) mass is 227 g/mol. The van der Waals surface area contributed by atoms with Gasteiger partial charge in [-0.25, -0.2) is 0 Å². The average molecular weight is 227 g/mol. The molecule has 5 nitrogen and oxygen atoms in total. The third-order valence-electron chi connectivity index (χ3n) is 3.44. The second kappa shape index (κ2) is 5.30. The number of likely N-dealkylation sites (tertiary alicyclic amines) is 1. The molecule has 4 N–H and O–H groups in total. The van der Waals surface area contributed by atoms with Crippen molar-refractivity contribution in [2.75, 3.05) is 13.1 Å². The second-order valence-corrected chi connectivity index (χ2v) is 4.58. The van der Waals surface area contributed by atoms with Gasteiger partial charge >= 0.3 is 0 Å². The third kappa shape index (κ3) is 2.72. The molecule has 16 heavy (non-hydrogen) atoms. The average Bonchev–Trinajstić information content (AvgIpc) is 2.75. The Labute approximate surface area is 96.1 Å². The molecule has 0 radical (unpaired) electrons. The van der Waals surface area contributed by atoms with Crippen LogP contribution in [0.25, 0.3) is 0 Å². The van der Waals surface area contributed by atoms with Crippen molar-refractivity contribution in [1.82, 2.24) is 4.90 Å². The third-order valence-corrected chi connectivity index (χ3v) is 3.44. The molecule has 1 aliphatic rings. The molecule has 2 amide bonds. The highest BCUT2D eigenvalue weighted by Crippen LogP contribution is 2.18. The van der Waals surface area contributed by atoms with Gasteiger partial charge in [0.15, 0.2) is 0 Å². The fourth-order valence-electron chi connectivity index (χ4n) is 1.90. The summed E-state index contributed by atoms with van der Waals surface area (Å²) >= 11 is 0. The number of carbonyl (C=O) groups excluding carboxylic acids is 2. The molecule has 3 atom stereocenters. The van der Waals surface area contributed by atoms with Crippen molar-refractivity contribution in [2.45, 2.75) is 32.7 Å². The standard InChI is InChI=1S/C11H21N3O2/c1-3-7(2)9(12)11(16)14-5-4-8(6-14)10(13)15/h7-9H,3-6,12H2,1-2H3,(H2,13,15)/t7-,8?,9-/m0/s1. The van der Waals surface area contributed by atoms with Crippen LogP contribution in [-0.4, -0.2) is 35.8 Å². The van der Waals surface area contributed by atoms with Crippen LogP contribution in [0, 0.1) is 11.8 Å². The Morgan fingerprint density at radius 3 is 2.56 bits per heavy atom. The van der Waals surface area contributed by atoms with E-state index in [1.165, 1.54) is 0 Å². The number of amides is 2. The molecule has 0 spiro atoms. The molecule has 0 aromatic carbocycles. The lowest BCUT2D eigenvalue weighted by Crippen LogP contribution is -2.46. The van der Waals surface area contributed by atoms with Gasteiger partial charge in [0.2, 0.25) is 11.8 Å². The molecule has 1 heterocycles. The fourth-order valence-corrected chi connectivity index (χ4v) is 1.90. The van der Waals surface area contributed by atoms with Gasteiger partial charge in [0.05, 0.1) is 12.0 Å². The van der Waals surface area contributed by atoms with Gasteiger partial charge in [0, 0.05) is 13.1 Å². The molecule has 0 bridgehead atoms. The van der Waals surface area contributed by atoms with Gasteiger partial charge in [-0.1, -0.05) is 20.3 Å². The van der Waals surface area contributed by atoms with Gasteiger partial charge in [0.25, 0.3) is 0 Å². The van der Waals surface area contributed by atoms with Crippen molar-refractivity contribution in [3.8, 4) is 0 Å². The molecule has 0 aromatic heterocycles. The smallest absolute Gasteiger partial charge is 0.239 e. The molecule has 1 fully saturated rings. The Morgan fingerprint density at radius 1 is 1.50 bits per heavy atom. The number of hydrogen-bond acceptors (Lipinski definition) is 3. The topological polar surface area (TPSA) is 89.4 Å². The van der Waals surface area contributed by atoms with E-state index >= 15 is 0 Å². The maximum Gasteiger partial charge on any atom is 0.239 e. The highest BCUT2D eigenvalue weighted by molar-refractivity contribution is 5.84. The molecular formula is C11H21N3O2. The normalized spacial score (nSPS) is 24.2. The first-order chi connectivity index (χ1) is 7.47. The van der Waals surface area contributed by atoms with E-state index < -0.39 is 6.04 Å². The van der Waals surface area contributed by atoms with Crippen molar-refractivity contribution < 1.29 is 9.59 Å². The lowest BCUT2D eigenvalue weighted by atomic mass is 9.99. The molecule has 1 saturated heterocycles. The summed E-state index contributed by atoms with van der Waals surface area (Å²) in [6.45, 7) is 4.99. The highest BCUT2D eigenvalue weighted by atomic mass is 16.2. The predicted molar refractivity (Wildman–Crippen MR) is 61.3 cm³/mol. The second-order valence-electron chi connectivity index (χ2n) is 4.58. The lowest BCUT2D eigenvalue weighted by Gasteiger charge is -2.24. The van der Waals surface area contributed by atoms with Crippen molar-refractivity contribution >= 4 is 11.8 Å². The predicted octanol–water partition coefficient (Wildman–Crippen LogP) is -0.306. The molecule has 1 aliphatic heterocycles. The summed E-state index contributed by atoms with van der Waals surface area (Å²) in [5, 5.41) is 0. The molecule has 0 saturated carbocycles. The van der Waals surface area contributed by atoms with Gasteiger partial charge in [-0.3, -0.25) is 9.59 Å². The maximum atomic E-state index is 12.0. The van der Waals surface area contributed by atoms with Crippen LogP contribution >= 0.6 is 0 Å². The lowest BCUT2D eigenvalue weighted by molar-refractivity contribution is -0.133. The molecule has 1 rings (SSSR count). The summed E-state index contributed by atoms with van der Waals surface area (Å²) < 4.78 is 0. The van der Waals surface area contributed by atoms with Crippen LogP contribution < -0.4 is 11.5 Å². The fraction of sp³-hybridized carbons (Fsp3) is 0.818. The minimum atomic E-state index is -0.461. The van der Waals surface area contributed by atoms with Crippen molar-refractivity contribution in [3.63, 3.8) is 0 Å². The molecule has 0 aromatic rings. The Balaban J connectivity index is 2.54. The maximum absolute atomic E-state index is 12.0. The first-order valence-electron chi connectivity index (χ1n) is 5.81. The van der Waals surface area contributed by atoms with Gasteiger partial charge in [0.1, 0.15) is 0 Å². The van der Waals surface area contributed by atoms with E-state index in [9.17, 15) is 9.59 Å². The van der Waals surface area contributed by atoms with Crippen LogP contribution in [0.5, 0.6) is 0 Å². The Bertz CT molecular complexity index is 280. The molecule has 5 heteroatoms. The van der Waals surface area contributed by atoms with Crippen LogP contribution in [0.4, 0.5) is 0 Å². The Morgan fingerprint density at radius 2 is 2.12 bits per heavy atom. The minimum absolute atomic E-state index is 0.0573. The zero-order valence-electron chi connectivity index (χ0n) is 9.98. The van der Waals surface area contributed by atoms with E-state index in [0.29, 0.717) is 19.5 Å².